The predicted octanol–water partition coefficient (Wildman–Crippen LogP) is 7.25. The van der Waals surface area contributed by atoms with E-state index in [9.17, 15) is 8.78 Å². The second kappa shape index (κ2) is 8.26. The molecule has 0 unspecified atom stereocenters. The van der Waals surface area contributed by atoms with Crippen molar-refractivity contribution in [2.24, 2.45) is 5.92 Å². The molecule has 1 fully saturated rings. The summed E-state index contributed by atoms with van der Waals surface area (Å²) in [5.74, 6) is 0.142. The van der Waals surface area contributed by atoms with Crippen molar-refractivity contribution >= 4 is 13.3 Å². The average Bonchev–Trinajstić information content (AvgIpc) is 2.64. The first kappa shape index (κ1) is 20.3. The van der Waals surface area contributed by atoms with E-state index in [0.717, 1.165) is 11.5 Å². The van der Waals surface area contributed by atoms with Gasteiger partial charge in [0, 0.05) is 5.56 Å². The zero-order chi connectivity index (χ0) is 19.6. The van der Waals surface area contributed by atoms with Crippen LogP contribution in [0.15, 0.2) is 36.4 Å². The third-order valence-corrected chi connectivity index (χ3v) is 8.13. The number of hydrogen-bond acceptors (Lipinski definition) is 0. The zero-order valence-corrected chi connectivity index (χ0v) is 18.1. The standard InChI is InChI=1S/C24H32F2Si/c1-5-6-17-7-9-18(10-8-17)19-11-13-20(14-12-19)21-15-16-22(27(2,3)4)24(26)23(21)25/h11-18H,5-10H2,1-4H3/t17-,18-. The summed E-state index contributed by atoms with van der Waals surface area (Å²) in [5.41, 5.74) is 2.47. The molecule has 3 heteroatoms. The molecule has 0 saturated heterocycles. The van der Waals surface area contributed by atoms with Crippen LogP contribution >= 0.6 is 0 Å². The Bertz CT molecular complexity index is 766. The molecule has 2 aromatic rings. The highest BCUT2D eigenvalue weighted by Crippen LogP contribution is 2.38. The number of hydrogen-bond donors (Lipinski definition) is 0. The van der Waals surface area contributed by atoms with Gasteiger partial charge in [-0.3, -0.25) is 0 Å². The summed E-state index contributed by atoms with van der Waals surface area (Å²) in [6, 6.07) is 11.7. The van der Waals surface area contributed by atoms with Crippen molar-refractivity contribution in [3.8, 4) is 11.1 Å². The molecule has 0 aromatic heterocycles. The van der Waals surface area contributed by atoms with Crippen LogP contribution in [0, 0.1) is 17.6 Å². The normalized spacial score (nSPS) is 20.7. The summed E-state index contributed by atoms with van der Waals surface area (Å²) in [4.78, 5) is 0. The van der Waals surface area contributed by atoms with E-state index in [1.807, 2.05) is 31.8 Å². The van der Waals surface area contributed by atoms with E-state index < -0.39 is 19.7 Å². The molecular formula is C24H32F2Si. The van der Waals surface area contributed by atoms with E-state index in [0.29, 0.717) is 16.7 Å². The summed E-state index contributed by atoms with van der Waals surface area (Å²) in [7, 11) is -1.89. The van der Waals surface area contributed by atoms with Crippen LogP contribution in [0.25, 0.3) is 11.1 Å². The fourth-order valence-electron chi connectivity index (χ4n) is 4.48. The summed E-state index contributed by atoms with van der Waals surface area (Å²) < 4.78 is 29.3. The van der Waals surface area contributed by atoms with Gasteiger partial charge in [0.2, 0.25) is 0 Å². The van der Waals surface area contributed by atoms with Gasteiger partial charge in [-0.05, 0) is 53.8 Å². The van der Waals surface area contributed by atoms with Crippen molar-refractivity contribution in [2.75, 3.05) is 0 Å². The SMILES string of the molecule is CCC[C@H]1CC[C@H](c2ccc(-c3ccc([Si](C)(C)C)c(F)c3F)cc2)CC1. The molecule has 1 aliphatic carbocycles. The minimum atomic E-state index is -1.89. The van der Waals surface area contributed by atoms with E-state index in [4.69, 9.17) is 0 Å². The van der Waals surface area contributed by atoms with Gasteiger partial charge in [-0.2, -0.15) is 0 Å². The lowest BCUT2D eigenvalue weighted by Gasteiger charge is -2.28. The van der Waals surface area contributed by atoms with Crippen LogP contribution in [-0.4, -0.2) is 8.07 Å². The van der Waals surface area contributed by atoms with Gasteiger partial charge >= 0.3 is 0 Å². The van der Waals surface area contributed by atoms with Gasteiger partial charge < -0.3 is 0 Å². The molecule has 0 aliphatic heterocycles. The van der Waals surface area contributed by atoms with Gasteiger partial charge in [-0.15, -0.1) is 0 Å². The molecule has 0 atom stereocenters. The van der Waals surface area contributed by atoms with Crippen LogP contribution in [0.2, 0.25) is 19.6 Å². The highest BCUT2D eigenvalue weighted by Gasteiger charge is 2.25. The second-order valence-corrected chi connectivity index (χ2v) is 14.2. The molecule has 0 amide bonds. The molecule has 0 N–H and O–H groups in total. The molecule has 0 heterocycles. The number of benzene rings is 2. The first-order valence-corrected chi connectivity index (χ1v) is 13.9. The minimum absolute atomic E-state index is 0.368. The highest BCUT2D eigenvalue weighted by atomic mass is 28.3. The highest BCUT2D eigenvalue weighted by molar-refractivity contribution is 6.88. The molecule has 0 nitrogen and oxygen atoms in total. The Morgan fingerprint density at radius 2 is 1.48 bits per heavy atom. The molecule has 146 valence electrons. The van der Waals surface area contributed by atoms with Crippen molar-refractivity contribution in [3.63, 3.8) is 0 Å². The third-order valence-electron chi connectivity index (χ3n) is 6.13. The van der Waals surface area contributed by atoms with E-state index in [1.165, 1.54) is 44.1 Å². The molecule has 0 radical (unpaired) electrons. The van der Waals surface area contributed by atoms with Crippen molar-refractivity contribution in [2.45, 2.75) is 71.0 Å². The Morgan fingerprint density at radius 3 is 2.04 bits per heavy atom. The van der Waals surface area contributed by atoms with Gasteiger partial charge in [-0.25, -0.2) is 8.78 Å². The fourth-order valence-corrected chi connectivity index (χ4v) is 5.83. The number of rotatable bonds is 5. The summed E-state index contributed by atoms with van der Waals surface area (Å²) in [6.45, 7) is 8.38. The fraction of sp³-hybridized carbons (Fsp3) is 0.500. The van der Waals surface area contributed by atoms with Crippen LogP contribution in [0.3, 0.4) is 0 Å². The summed E-state index contributed by atoms with van der Waals surface area (Å²) in [5, 5.41) is 0.559. The molecule has 0 spiro atoms. The lowest BCUT2D eigenvalue weighted by molar-refractivity contribution is 0.308. The average molecular weight is 387 g/mol. The van der Waals surface area contributed by atoms with E-state index in [1.54, 1.807) is 12.1 Å². The van der Waals surface area contributed by atoms with E-state index in [2.05, 4.69) is 19.1 Å². The largest absolute Gasteiger partial charge is 0.204 e. The van der Waals surface area contributed by atoms with Crippen molar-refractivity contribution < 1.29 is 8.78 Å². The lowest BCUT2D eigenvalue weighted by Crippen LogP contribution is -2.40. The van der Waals surface area contributed by atoms with Crippen LogP contribution in [0.5, 0.6) is 0 Å². The van der Waals surface area contributed by atoms with E-state index in [-0.39, 0.29) is 0 Å². The van der Waals surface area contributed by atoms with Gasteiger partial charge in [0.15, 0.2) is 11.6 Å². The lowest BCUT2D eigenvalue weighted by atomic mass is 9.77. The topological polar surface area (TPSA) is 0 Å². The van der Waals surface area contributed by atoms with Gasteiger partial charge in [-0.1, -0.05) is 75.8 Å². The van der Waals surface area contributed by atoms with Crippen molar-refractivity contribution in [3.05, 3.63) is 53.6 Å². The molecule has 1 aliphatic rings. The Morgan fingerprint density at radius 1 is 0.852 bits per heavy atom. The number of halogens is 2. The van der Waals surface area contributed by atoms with E-state index >= 15 is 0 Å². The smallest absolute Gasteiger partial charge is 0.166 e. The Kier molecular flexibility index (Phi) is 6.20. The van der Waals surface area contributed by atoms with Crippen LogP contribution in [0.4, 0.5) is 8.78 Å². The maximum atomic E-state index is 14.7. The predicted molar refractivity (Wildman–Crippen MR) is 114 cm³/mol. The molecule has 0 bridgehead atoms. The molecule has 3 rings (SSSR count). The molecule has 2 aromatic carbocycles. The maximum Gasteiger partial charge on any atom is 0.166 e. The van der Waals surface area contributed by atoms with Crippen LogP contribution in [0.1, 0.15) is 56.9 Å². The van der Waals surface area contributed by atoms with Crippen LogP contribution in [-0.2, 0) is 0 Å². The van der Waals surface area contributed by atoms with Crippen molar-refractivity contribution in [1.29, 1.82) is 0 Å². The first-order valence-electron chi connectivity index (χ1n) is 10.4. The maximum absolute atomic E-state index is 14.7. The molecular weight excluding hydrogens is 354 g/mol. The van der Waals surface area contributed by atoms with Crippen molar-refractivity contribution in [1.82, 2.24) is 0 Å². The Labute approximate surface area is 164 Å². The monoisotopic (exact) mass is 386 g/mol. The zero-order valence-electron chi connectivity index (χ0n) is 17.1. The molecule has 1 saturated carbocycles. The van der Waals surface area contributed by atoms with Gasteiger partial charge in [0.05, 0.1) is 8.07 Å². The Hall–Kier alpha value is -1.48. The van der Waals surface area contributed by atoms with Gasteiger partial charge in [0.1, 0.15) is 0 Å². The second-order valence-electron chi connectivity index (χ2n) is 9.17. The van der Waals surface area contributed by atoms with Crippen LogP contribution < -0.4 is 5.19 Å². The quantitative estimate of drug-likeness (QED) is 0.475. The Balaban J connectivity index is 1.77. The minimum Gasteiger partial charge on any atom is -0.204 e. The summed E-state index contributed by atoms with van der Waals surface area (Å²) >= 11 is 0. The third kappa shape index (κ3) is 4.51. The first-order chi connectivity index (χ1) is 12.8. The molecule has 27 heavy (non-hydrogen) atoms. The summed E-state index contributed by atoms with van der Waals surface area (Å²) in [6.07, 6.45) is 7.76. The van der Waals surface area contributed by atoms with Gasteiger partial charge in [0.25, 0.3) is 0 Å².